The lowest BCUT2D eigenvalue weighted by Crippen LogP contribution is -2.22. The maximum Gasteiger partial charge on any atom is 0.242 e. The lowest BCUT2D eigenvalue weighted by Gasteiger charge is -2.14. The van der Waals surface area contributed by atoms with Crippen molar-refractivity contribution < 1.29 is 4.74 Å². The number of ether oxygens (including phenoxy) is 1. The van der Waals surface area contributed by atoms with Crippen LogP contribution in [-0.4, -0.2) is 49.2 Å². The molecule has 0 aliphatic carbocycles. The number of methoxy groups -OCH3 is 1. The Morgan fingerprint density at radius 2 is 2.06 bits per heavy atom. The van der Waals surface area contributed by atoms with Crippen molar-refractivity contribution in [3.8, 4) is 5.88 Å². The number of nitrogen functional groups attached to an aromatic ring is 1. The standard InChI is InChI=1S/C11H21N5O/c1-5-8-14-10(13-6-7-16(2)3)9(12)11(15-8)17-4/h5-7,12H2,1-4H3,(H,13,14,15). The topological polar surface area (TPSA) is 76.3 Å². The third-order valence-corrected chi connectivity index (χ3v) is 2.32. The van der Waals surface area contributed by atoms with Crippen molar-refractivity contribution in [1.29, 1.82) is 0 Å². The fourth-order valence-electron chi connectivity index (χ4n) is 1.34. The SMILES string of the molecule is CCc1nc(NCCN(C)C)c(N)c(OC)n1. The van der Waals surface area contributed by atoms with E-state index < -0.39 is 0 Å². The van der Waals surface area contributed by atoms with Crippen molar-refractivity contribution in [3.63, 3.8) is 0 Å². The maximum atomic E-state index is 5.91. The summed E-state index contributed by atoms with van der Waals surface area (Å²) in [6.07, 6.45) is 0.749. The van der Waals surface area contributed by atoms with E-state index in [9.17, 15) is 0 Å². The smallest absolute Gasteiger partial charge is 0.242 e. The largest absolute Gasteiger partial charge is 0.479 e. The van der Waals surface area contributed by atoms with Crippen molar-refractivity contribution in [2.24, 2.45) is 0 Å². The van der Waals surface area contributed by atoms with E-state index in [4.69, 9.17) is 10.5 Å². The van der Waals surface area contributed by atoms with E-state index >= 15 is 0 Å². The summed E-state index contributed by atoms with van der Waals surface area (Å²) in [6, 6.07) is 0. The van der Waals surface area contributed by atoms with E-state index in [2.05, 4.69) is 20.2 Å². The van der Waals surface area contributed by atoms with E-state index in [1.165, 1.54) is 0 Å². The summed E-state index contributed by atoms with van der Waals surface area (Å²) < 4.78 is 5.13. The first kappa shape index (κ1) is 13.5. The minimum absolute atomic E-state index is 0.434. The van der Waals surface area contributed by atoms with Crippen molar-refractivity contribution >= 4 is 11.5 Å². The summed E-state index contributed by atoms with van der Waals surface area (Å²) in [7, 11) is 5.59. The van der Waals surface area contributed by atoms with Crippen LogP contribution >= 0.6 is 0 Å². The zero-order valence-electron chi connectivity index (χ0n) is 10.9. The number of rotatable bonds is 6. The quantitative estimate of drug-likeness (QED) is 0.757. The molecule has 0 aliphatic rings. The Balaban J connectivity index is 2.82. The molecule has 1 aromatic rings. The van der Waals surface area contributed by atoms with Crippen molar-refractivity contribution in [2.75, 3.05) is 45.3 Å². The highest BCUT2D eigenvalue weighted by Gasteiger charge is 2.11. The average molecular weight is 239 g/mol. The van der Waals surface area contributed by atoms with Gasteiger partial charge in [0.2, 0.25) is 5.88 Å². The highest BCUT2D eigenvalue weighted by Crippen LogP contribution is 2.25. The Morgan fingerprint density at radius 3 is 2.59 bits per heavy atom. The number of hydrogen-bond donors (Lipinski definition) is 2. The summed E-state index contributed by atoms with van der Waals surface area (Å²) in [6.45, 7) is 3.68. The molecule has 1 heterocycles. The highest BCUT2D eigenvalue weighted by atomic mass is 16.5. The molecule has 0 spiro atoms. The molecule has 96 valence electrons. The van der Waals surface area contributed by atoms with E-state index in [1.807, 2.05) is 21.0 Å². The van der Waals surface area contributed by atoms with E-state index in [0.717, 1.165) is 25.3 Å². The molecule has 6 nitrogen and oxygen atoms in total. The van der Waals surface area contributed by atoms with Gasteiger partial charge in [-0.25, -0.2) is 4.98 Å². The van der Waals surface area contributed by atoms with Gasteiger partial charge in [-0.1, -0.05) is 6.92 Å². The van der Waals surface area contributed by atoms with Crippen LogP contribution in [-0.2, 0) is 6.42 Å². The lowest BCUT2D eigenvalue weighted by molar-refractivity contribution is 0.397. The molecule has 1 rings (SSSR count). The lowest BCUT2D eigenvalue weighted by atomic mass is 10.4. The van der Waals surface area contributed by atoms with Gasteiger partial charge in [-0.3, -0.25) is 0 Å². The summed E-state index contributed by atoms with van der Waals surface area (Å²) in [5, 5.41) is 3.20. The monoisotopic (exact) mass is 239 g/mol. The van der Waals surface area contributed by atoms with Gasteiger partial charge in [0.15, 0.2) is 5.82 Å². The number of nitrogens with two attached hydrogens (primary N) is 1. The molecule has 0 fully saturated rings. The zero-order valence-corrected chi connectivity index (χ0v) is 10.9. The van der Waals surface area contributed by atoms with Crippen molar-refractivity contribution in [3.05, 3.63) is 5.82 Å². The highest BCUT2D eigenvalue weighted by molar-refractivity contribution is 5.66. The Kier molecular flexibility index (Phi) is 4.96. The predicted octanol–water partition coefficient (Wildman–Crippen LogP) is 0.603. The molecule has 0 bridgehead atoms. The molecule has 0 unspecified atom stereocenters. The Hall–Kier alpha value is -1.56. The third-order valence-electron chi connectivity index (χ3n) is 2.32. The minimum Gasteiger partial charge on any atom is -0.479 e. The van der Waals surface area contributed by atoms with Crippen LogP contribution in [0.4, 0.5) is 11.5 Å². The van der Waals surface area contributed by atoms with Gasteiger partial charge in [0.05, 0.1) is 7.11 Å². The van der Waals surface area contributed by atoms with Gasteiger partial charge in [-0.15, -0.1) is 0 Å². The van der Waals surface area contributed by atoms with Crippen LogP contribution in [0, 0.1) is 0 Å². The Labute approximate surface area is 102 Å². The van der Waals surface area contributed by atoms with Crippen LogP contribution in [0.25, 0.3) is 0 Å². The van der Waals surface area contributed by atoms with Gasteiger partial charge >= 0.3 is 0 Å². The molecule has 17 heavy (non-hydrogen) atoms. The van der Waals surface area contributed by atoms with Gasteiger partial charge < -0.3 is 20.7 Å². The molecule has 0 aliphatic heterocycles. The third kappa shape index (κ3) is 3.74. The molecule has 6 heteroatoms. The maximum absolute atomic E-state index is 5.91. The Bertz CT molecular complexity index is 367. The van der Waals surface area contributed by atoms with Gasteiger partial charge in [-0.2, -0.15) is 4.98 Å². The number of nitrogens with zero attached hydrogens (tertiary/aromatic N) is 3. The van der Waals surface area contributed by atoms with Crippen LogP contribution in [0.1, 0.15) is 12.7 Å². The fourth-order valence-corrected chi connectivity index (χ4v) is 1.34. The average Bonchev–Trinajstić information content (AvgIpc) is 2.31. The van der Waals surface area contributed by atoms with Crippen molar-refractivity contribution in [1.82, 2.24) is 14.9 Å². The van der Waals surface area contributed by atoms with Gasteiger partial charge in [0, 0.05) is 19.5 Å². The Morgan fingerprint density at radius 1 is 1.35 bits per heavy atom. The molecule has 1 aromatic heterocycles. The zero-order chi connectivity index (χ0) is 12.8. The summed E-state index contributed by atoms with van der Waals surface area (Å²) >= 11 is 0. The summed E-state index contributed by atoms with van der Waals surface area (Å²) in [5.74, 6) is 1.81. The van der Waals surface area contributed by atoms with Gasteiger partial charge in [-0.05, 0) is 14.1 Å². The molecule has 0 atom stereocenters. The predicted molar refractivity (Wildman–Crippen MR) is 69.4 cm³/mol. The molecule has 0 saturated heterocycles. The van der Waals surface area contributed by atoms with Crippen LogP contribution in [0.5, 0.6) is 5.88 Å². The first-order chi connectivity index (χ1) is 8.08. The normalized spacial score (nSPS) is 10.6. The second-order valence-electron chi connectivity index (χ2n) is 3.99. The molecule has 0 radical (unpaired) electrons. The van der Waals surface area contributed by atoms with Crippen LogP contribution < -0.4 is 15.8 Å². The molecule has 0 aromatic carbocycles. The molecular weight excluding hydrogens is 218 g/mol. The second kappa shape index (κ2) is 6.24. The summed E-state index contributed by atoms with van der Waals surface area (Å²) in [5.41, 5.74) is 6.37. The van der Waals surface area contributed by atoms with E-state index in [1.54, 1.807) is 7.11 Å². The van der Waals surface area contributed by atoms with E-state index in [0.29, 0.717) is 17.4 Å². The first-order valence-electron chi connectivity index (χ1n) is 5.67. The van der Waals surface area contributed by atoms with Crippen molar-refractivity contribution in [2.45, 2.75) is 13.3 Å². The summed E-state index contributed by atoms with van der Waals surface area (Å²) in [4.78, 5) is 10.6. The number of aryl methyl sites for hydroxylation is 1. The first-order valence-corrected chi connectivity index (χ1v) is 5.67. The number of likely N-dealkylation sites (N-methyl/N-ethyl adjacent to an activating group) is 1. The number of aromatic nitrogens is 2. The van der Waals surface area contributed by atoms with Crippen LogP contribution in [0.3, 0.4) is 0 Å². The molecular formula is C11H21N5O. The second-order valence-corrected chi connectivity index (χ2v) is 3.99. The number of hydrogen-bond acceptors (Lipinski definition) is 6. The van der Waals surface area contributed by atoms with Gasteiger partial charge in [0.1, 0.15) is 11.5 Å². The minimum atomic E-state index is 0.434. The fraction of sp³-hybridized carbons (Fsp3) is 0.636. The van der Waals surface area contributed by atoms with Gasteiger partial charge in [0.25, 0.3) is 0 Å². The molecule has 3 N–H and O–H groups in total. The van der Waals surface area contributed by atoms with E-state index in [-0.39, 0.29) is 0 Å². The van der Waals surface area contributed by atoms with Crippen LogP contribution in [0.15, 0.2) is 0 Å². The molecule has 0 amide bonds. The number of anilines is 2. The number of nitrogens with one attached hydrogen (secondary N) is 1. The van der Waals surface area contributed by atoms with Crippen LogP contribution in [0.2, 0.25) is 0 Å². The molecule has 0 saturated carbocycles.